The summed E-state index contributed by atoms with van der Waals surface area (Å²) in [5.41, 5.74) is 0.978. The van der Waals surface area contributed by atoms with E-state index in [0.717, 1.165) is 24.6 Å². The number of nitrogens with one attached hydrogen (secondary N) is 2. The second-order valence-corrected chi connectivity index (χ2v) is 7.72. The van der Waals surface area contributed by atoms with Gasteiger partial charge in [-0.15, -0.1) is 24.0 Å². The van der Waals surface area contributed by atoms with Crippen LogP contribution in [0.2, 0.25) is 0 Å². The lowest BCUT2D eigenvalue weighted by atomic mass is 9.57. The van der Waals surface area contributed by atoms with Crippen molar-refractivity contribution in [2.24, 2.45) is 16.3 Å². The van der Waals surface area contributed by atoms with Crippen LogP contribution in [0.15, 0.2) is 27.7 Å². The van der Waals surface area contributed by atoms with E-state index in [4.69, 9.17) is 4.74 Å². The summed E-state index contributed by atoms with van der Waals surface area (Å²) in [4.78, 5) is 4.30. The van der Waals surface area contributed by atoms with Gasteiger partial charge in [-0.1, -0.05) is 19.9 Å². The molecule has 1 saturated heterocycles. The van der Waals surface area contributed by atoms with Crippen LogP contribution in [-0.4, -0.2) is 31.8 Å². The highest BCUT2D eigenvalue weighted by atomic mass is 127. The van der Waals surface area contributed by atoms with Crippen LogP contribution in [0, 0.1) is 17.2 Å². The number of fused-ring (bicyclic) bond motifs is 1. The molecule has 1 aliphatic heterocycles. The average Bonchev–Trinajstić information content (AvgIpc) is 2.97. The van der Waals surface area contributed by atoms with Crippen molar-refractivity contribution in [3.63, 3.8) is 0 Å². The molecular formula is C17H24BrFIN3O. The van der Waals surface area contributed by atoms with Crippen molar-refractivity contribution in [3.05, 3.63) is 34.1 Å². The van der Waals surface area contributed by atoms with Crippen LogP contribution in [0.1, 0.15) is 25.8 Å². The lowest BCUT2D eigenvalue weighted by Crippen LogP contribution is -2.67. The molecule has 3 rings (SSSR count). The summed E-state index contributed by atoms with van der Waals surface area (Å²) in [7, 11) is 1.76. The first kappa shape index (κ1) is 19.9. The predicted octanol–water partition coefficient (Wildman–Crippen LogP) is 3.68. The summed E-state index contributed by atoms with van der Waals surface area (Å²) in [6, 6.07) is 5.49. The molecule has 2 fully saturated rings. The Balaban J connectivity index is 0.00000208. The van der Waals surface area contributed by atoms with Crippen molar-refractivity contribution in [3.8, 4) is 0 Å². The van der Waals surface area contributed by atoms with Gasteiger partial charge in [-0.3, -0.25) is 4.99 Å². The number of rotatable bonds is 3. The van der Waals surface area contributed by atoms with E-state index in [1.807, 2.05) is 6.07 Å². The van der Waals surface area contributed by atoms with Gasteiger partial charge < -0.3 is 15.4 Å². The summed E-state index contributed by atoms with van der Waals surface area (Å²) >= 11 is 3.17. The quantitative estimate of drug-likeness (QED) is 0.369. The number of nitrogens with zero attached hydrogens (tertiary/aromatic N) is 1. The molecule has 0 radical (unpaired) electrons. The van der Waals surface area contributed by atoms with Crippen molar-refractivity contribution in [1.82, 2.24) is 10.6 Å². The first-order valence-corrected chi connectivity index (χ1v) is 8.75. The van der Waals surface area contributed by atoms with Gasteiger partial charge in [0, 0.05) is 37.6 Å². The van der Waals surface area contributed by atoms with Crippen molar-refractivity contribution in [2.75, 3.05) is 13.7 Å². The average molecular weight is 512 g/mol. The van der Waals surface area contributed by atoms with Crippen LogP contribution >= 0.6 is 39.9 Å². The summed E-state index contributed by atoms with van der Waals surface area (Å²) < 4.78 is 19.9. The maximum Gasteiger partial charge on any atom is 0.191 e. The zero-order chi connectivity index (χ0) is 16.6. The largest absolute Gasteiger partial charge is 0.377 e. The Bertz CT molecular complexity index is 626. The summed E-state index contributed by atoms with van der Waals surface area (Å²) in [6.07, 6.45) is 1.44. The zero-order valence-electron chi connectivity index (χ0n) is 14.1. The van der Waals surface area contributed by atoms with E-state index in [9.17, 15) is 4.39 Å². The van der Waals surface area contributed by atoms with Crippen LogP contribution in [0.4, 0.5) is 4.39 Å². The monoisotopic (exact) mass is 511 g/mol. The third-order valence-corrected chi connectivity index (χ3v) is 5.70. The van der Waals surface area contributed by atoms with E-state index < -0.39 is 0 Å². The highest BCUT2D eigenvalue weighted by Crippen LogP contribution is 2.52. The molecule has 134 valence electrons. The van der Waals surface area contributed by atoms with Gasteiger partial charge in [0.1, 0.15) is 5.82 Å². The molecule has 1 saturated carbocycles. The maximum atomic E-state index is 13.6. The van der Waals surface area contributed by atoms with Crippen LogP contribution in [0.5, 0.6) is 0 Å². The molecule has 7 heteroatoms. The van der Waals surface area contributed by atoms with Crippen LogP contribution < -0.4 is 10.6 Å². The highest BCUT2D eigenvalue weighted by Gasteiger charge is 2.59. The number of aliphatic imine (C=N–C) groups is 1. The number of benzene rings is 1. The minimum atomic E-state index is -0.252. The maximum absolute atomic E-state index is 13.6. The molecule has 1 aliphatic carbocycles. The van der Waals surface area contributed by atoms with E-state index in [1.54, 1.807) is 13.1 Å². The molecule has 0 amide bonds. The van der Waals surface area contributed by atoms with Crippen LogP contribution in [0.3, 0.4) is 0 Å². The molecule has 0 spiro atoms. The fourth-order valence-electron chi connectivity index (χ4n) is 3.79. The number of halogens is 3. The van der Waals surface area contributed by atoms with Gasteiger partial charge in [0.15, 0.2) is 5.96 Å². The van der Waals surface area contributed by atoms with Gasteiger partial charge in [0.05, 0.1) is 10.6 Å². The van der Waals surface area contributed by atoms with Gasteiger partial charge in [0.25, 0.3) is 0 Å². The topological polar surface area (TPSA) is 45.7 Å². The fourth-order valence-corrected chi connectivity index (χ4v) is 4.04. The Labute approximate surface area is 168 Å². The molecule has 1 heterocycles. The lowest BCUT2D eigenvalue weighted by molar-refractivity contribution is -0.106. The van der Waals surface area contributed by atoms with Gasteiger partial charge in [0.2, 0.25) is 0 Å². The van der Waals surface area contributed by atoms with E-state index >= 15 is 0 Å². The Morgan fingerprint density at radius 3 is 2.88 bits per heavy atom. The SMILES string of the molecule is CN=C(NCc1ccc(Br)c(F)c1)NC1C2CCOC2C1(C)C.I. The van der Waals surface area contributed by atoms with E-state index in [-0.39, 0.29) is 35.2 Å². The van der Waals surface area contributed by atoms with Gasteiger partial charge in [-0.2, -0.15) is 0 Å². The second kappa shape index (κ2) is 7.86. The third-order valence-electron chi connectivity index (χ3n) is 5.06. The number of hydrogen-bond acceptors (Lipinski definition) is 2. The van der Waals surface area contributed by atoms with Gasteiger partial charge in [-0.25, -0.2) is 4.39 Å². The van der Waals surface area contributed by atoms with Crippen LogP contribution in [-0.2, 0) is 11.3 Å². The standard InChI is InChI=1S/C17H23BrFN3O.HI/c1-17(2)14(11-6-7-23-15(11)17)22-16(20-3)21-9-10-4-5-12(18)13(19)8-10;/h4-5,8,11,14-15H,6-7,9H2,1-3H3,(H2,20,21,22);1H. The van der Waals surface area contributed by atoms with Crippen molar-refractivity contribution < 1.29 is 9.13 Å². The number of hydrogen-bond donors (Lipinski definition) is 2. The zero-order valence-corrected chi connectivity index (χ0v) is 18.0. The molecule has 2 N–H and O–H groups in total. The highest BCUT2D eigenvalue weighted by molar-refractivity contribution is 14.0. The molecule has 24 heavy (non-hydrogen) atoms. The number of guanidine groups is 1. The normalized spacial score (nSPS) is 27.7. The summed E-state index contributed by atoms with van der Waals surface area (Å²) in [5.74, 6) is 1.05. The molecule has 3 unspecified atom stereocenters. The van der Waals surface area contributed by atoms with Crippen molar-refractivity contribution >= 4 is 45.9 Å². The van der Waals surface area contributed by atoms with Crippen molar-refractivity contribution in [2.45, 2.75) is 39.0 Å². The Morgan fingerprint density at radius 1 is 1.46 bits per heavy atom. The third kappa shape index (κ3) is 3.72. The van der Waals surface area contributed by atoms with Crippen molar-refractivity contribution in [1.29, 1.82) is 0 Å². The minimum Gasteiger partial charge on any atom is -0.377 e. The molecular weight excluding hydrogens is 488 g/mol. The van der Waals surface area contributed by atoms with Gasteiger partial charge in [-0.05, 0) is 40.0 Å². The molecule has 0 bridgehead atoms. The molecule has 4 nitrogen and oxygen atoms in total. The molecule has 1 aromatic rings. The fraction of sp³-hybridized carbons (Fsp3) is 0.588. The molecule has 2 aliphatic rings. The first-order chi connectivity index (χ1) is 10.9. The first-order valence-electron chi connectivity index (χ1n) is 7.96. The summed E-state index contributed by atoms with van der Waals surface area (Å²) in [5, 5.41) is 6.78. The molecule has 0 aromatic heterocycles. The molecule has 3 atom stereocenters. The lowest BCUT2D eigenvalue weighted by Gasteiger charge is -2.54. The van der Waals surface area contributed by atoms with Crippen LogP contribution in [0.25, 0.3) is 0 Å². The molecule has 1 aromatic carbocycles. The predicted molar refractivity (Wildman–Crippen MR) is 108 cm³/mol. The number of ether oxygens (including phenoxy) is 1. The Kier molecular flexibility index (Phi) is 6.52. The van der Waals surface area contributed by atoms with E-state index in [0.29, 0.717) is 29.1 Å². The second-order valence-electron chi connectivity index (χ2n) is 6.86. The minimum absolute atomic E-state index is 0. The Morgan fingerprint density at radius 2 is 2.21 bits per heavy atom. The van der Waals surface area contributed by atoms with E-state index in [1.165, 1.54) is 6.07 Å². The Hall–Kier alpha value is -0.410. The smallest absolute Gasteiger partial charge is 0.191 e. The van der Waals surface area contributed by atoms with E-state index in [2.05, 4.69) is 45.4 Å². The summed E-state index contributed by atoms with van der Waals surface area (Å²) in [6.45, 7) is 5.84. The van der Waals surface area contributed by atoms with Gasteiger partial charge >= 0.3 is 0 Å².